The Labute approximate surface area is 105 Å². The van der Waals surface area contributed by atoms with Gasteiger partial charge >= 0.3 is 5.97 Å². The van der Waals surface area contributed by atoms with Crippen LogP contribution in [0, 0.1) is 0 Å². The fourth-order valence-electron chi connectivity index (χ4n) is 1.86. The molecular formula is C13H14N2O3. The number of aryl methyl sites for hydroxylation is 1. The van der Waals surface area contributed by atoms with Gasteiger partial charge in [-0.3, -0.25) is 4.68 Å². The summed E-state index contributed by atoms with van der Waals surface area (Å²) < 4.78 is 6.81. The predicted molar refractivity (Wildman–Crippen MR) is 66.8 cm³/mol. The van der Waals surface area contributed by atoms with Gasteiger partial charge in [0.15, 0.2) is 0 Å². The summed E-state index contributed by atoms with van der Waals surface area (Å²) in [5.74, 6) is -0.452. The van der Waals surface area contributed by atoms with Gasteiger partial charge in [-0.15, -0.1) is 0 Å². The molecule has 0 aliphatic carbocycles. The van der Waals surface area contributed by atoms with Gasteiger partial charge in [-0.25, -0.2) is 4.79 Å². The van der Waals surface area contributed by atoms with E-state index in [1.807, 2.05) is 6.92 Å². The summed E-state index contributed by atoms with van der Waals surface area (Å²) in [4.78, 5) is 11.3. The summed E-state index contributed by atoms with van der Waals surface area (Å²) >= 11 is 0. The standard InChI is InChI=1S/C13H14N2O3/c1-3-15-12(6-7-14-15)10-5-4-9(18-2)8-11(10)13(16)17/h4-8H,3H2,1-2H3,(H,16,17). The van der Waals surface area contributed by atoms with Crippen molar-refractivity contribution < 1.29 is 14.6 Å². The molecule has 0 fully saturated rings. The number of aromatic nitrogens is 2. The highest BCUT2D eigenvalue weighted by molar-refractivity contribution is 5.96. The van der Waals surface area contributed by atoms with Crippen molar-refractivity contribution in [1.82, 2.24) is 9.78 Å². The van der Waals surface area contributed by atoms with Gasteiger partial charge in [0.05, 0.1) is 18.4 Å². The van der Waals surface area contributed by atoms with E-state index in [0.717, 1.165) is 5.69 Å². The lowest BCUT2D eigenvalue weighted by molar-refractivity contribution is 0.0697. The smallest absolute Gasteiger partial charge is 0.336 e. The minimum absolute atomic E-state index is 0.213. The van der Waals surface area contributed by atoms with E-state index in [0.29, 0.717) is 17.9 Å². The average molecular weight is 246 g/mol. The number of rotatable bonds is 4. The van der Waals surface area contributed by atoms with Crippen molar-refractivity contribution in [2.75, 3.05) is 7.11 Å². The number of carbonyl (C=O) groups is 1. The monoisotopic (exact) mass is 246 g/mol. The van der Waals surface area contributed by atoms with Crippen LogP contribution in [0.5, 0.6) is 5.75 Å². The van der Waals surface area contributed by atoms with E-state index in [1.165, 1.54) is 13.2 Å². The van der Waals surface area contributed by atoms with Crippen LogP contribution in [0.3, 0.4) is 0 Å². The Bertz CT molecular complexity index is 575. The molecule has 94 valence electrons. The molecule has 0 aliphatic heterocycles. The molecule has 18 heavy (non-hydrogen) atoms. The normalized spacial score (nSPS) is 10.3. The highest BCUT2D eigenvalue weighted by Crippen LogP contribution is 2.27. The van der Waals surface area contributed by atoms with Crippen molar-refractivity contribution >= 4 is 5.97 Å². The first-order valence-corrected chi connectivity index (χ1v) is 5.61. The number of ether oxygens (including phenoxy) is 1. The second-order valence-corrected chi connectivity index (χ2v) is 3.75. The van der Waals surface area contributed by atoms with Crippen LogP contribution in [0.1, 0.15) is 17.3 Å². The Morgan fingerprint density at radius 3 is 2.83 bits per heavy atom. The SMILES string of the molecule is CCn1nccc1-c1ccc(OC)cc1C(=O)O. The van der Waals surface area contributed by atoms with Crippen molar-refractivity contribution in [3.63, 3.8) is 0 Å². The molecule has 0 aliphatic rings. The number of aromatic carboxylic acids is 1. The Balaban J connectivity index is 2.60. The van der Waals surface area contributed by atoms with Gasteiger partial charge in [0.1, 0.15) is 5.75 Å². The summed E-state index contributed by atoms with van der Waals surface area (Å²) in [7, 11) is 1.51. The summed E-state index contributed by atoms with van der Waals surface area (Å²) in [6.07, 6.45) is 1.66. The molecule has 0 bridgehead atoms. The zero-order valence-electron chi connectivity index (χ0n) is 10.3. The van der Waals surface area contributed by atoms with Gasteiger partial charge in [-0.1, -0.05) is 0 Å². The first-order chi connectivity index (χ1) is 8.67. The van der Waals surface area contributed by atoms with Crippen molar-refractivity contribution in [1.29, 1.82) is 0 Å². The van der Waals surface area contributed by atoms with Crippen LogP contribution < -0.4 is 4.74 Å². The molecule has 1 heterocycles. The highest BCUT2D eigenvalue weighted by Gasteiger charge is 2.15. The predicted octanol–water partition coefficient (Wildman–Crippen LogP) is 2.28. The van der Waals surface area contributed by atoms with E-state index in [9.17, 15) is 9.90 Å². The number of benzene rings is 1. The van der Waals surface area contributed by atoms with Crippen molar-refractivity contribution in [2.24, 2.45) is 0 Å². The lowest BCUT2D eigenvalue weighted by Gasteiger charge is -2.09. The molecule has 2 aromatic rings. The molecule has 0 radical (unpaired) electrons. The van der Waals surface area contributed by atoms with E-state index in [1.54, 1.807) is 29.1 Å². The second kappa shape index (κ2) is 4.91. The lowest BCUT2D eigenvalue weighted by Crippen LogP contribution is -2.04. The first kappa shape index (κ1) is 12.2. The number of hydrogen-bond donors (Lipinski definition) is 1. The summed E-state index contributed by atoms with van der Waals surface area (Å²) in [6.45, 7) is 2.65. The van der Waals surface area contributed by atoms with Crippen LogP contribution in [0.15, 0.2) is 30.5 Å². The number of carboxylic acid groups (broad SMARTS) is 1. The number of carboxylic acids is 1. The van der Waals surface area contributed by atoms with Gasteiger partial charge in [-0.05, 0) is 31.2 Å². The van der Waals surface area contributed by atoms with E-state index >= 15 is 0 Å². The van der Waals surface area contributed by atoms with Crippen LogP contribution in [-0.2, 0) is 6.54 Å². The maximum atomic E-state index is 11.3. The minimum Gasteiger partial charge on any atom is -0.497 e. The van der Waals surface area contributed by atoms with Crippen LogP contribution in [-0.4, -0.2) is 28.0 Å². The maximum Gasteiger partial charge on any atom is 0.336 e. The Morgan fingerprint density at radius 2 is 2.22 bits per heavy atom. The maximum absolute atomic E-state index is 11.3. The third-order valence-electron chi connectivity index (χ3n) is 2.75. The molecule has 0 atom stereocenters. The van der Waals surface area contributed by atoms with E-state index in [4.69, 9.17) is 4.74 Å². The number of methoxy groups -OCH3 is 1. The minimum atomic E-state index is -0.979. The zero-order chi connectivity index (χ0) is 13.1. The Kier molecular flexibility index (Phi) is 3.32. The van der Waals surface area contributed by atoms with Crippen molar-refractivity contribution in [3.8, 4) is 17.0 Å². The van der Waals surface area contributed by atoms with Crippen LogP contribution >= 0.6 is 0 Å². The fourth-order valence-corrected chi connectivity index (χ4v) is 1.86. The highest BCUT2D eigenvalue weighted by atomic mass is 16.5. The average Bonchev–Trinajstić information content (AvgIpc) is 2.86. The molecule has 1 N–H and O–H groups in total. The molecule has 5 heteroatoms. The summed E-state index contributed by atoms with van der Waals surface area (Å²) in [6, 6.07) is 6.81. The molecular weight excluding hydrogens is 232 g/mol. The number of hydrogen-bond acceptors (Lipinski definition) is 3. The molecule has 0 amide bonds. The topological polar surface area (TPSA) is 64.4 Å². The quantitative estimate of drug-likeness (QED) is 0.898. The third kappa shape index (κ3) is 2.07. The molecule has 1 aromatic carbocycles. The van der Waals surface area contributed by atoms with Crippen LogP contribution in [0.25, 0.3) is 11.3 Å². The second-order valence-electron chi connectivity index (χ2n) is 3.75. The van der Waals surface area contributed by atoms with Crippen LogP contribution in [0.4, 0.5) is 0 Å². The van der Waals surface area contributed by atoms with Gasteiger partial charge in [-0.2, -0.15) is 5.10 Å². The van der Waals surface area contributed by atoms with Gasteiger partial charge in [0.25, 0.3) is 0 Å². The van der Waals surface area contributed by atoms with E-state index in [2.05, 4.69) is 5.10 Å². The molecule has 0 saturated heterocycles. The zero-order valence-corrected chi connectivity index (χ0v) is 10.3. The van der Waals surface area contributed by atoms with Crippen LogP contribution in [0.2, 0.25) is 0 Å². The largest absolute Gasteiger partial charge is 0.497 e. The summed E-state index contributed by atoms with van der Waals surface area (Å²) in [5, 5.41) is 13.4. The Morgan fingerprint density at radius 1 is 1.44 bits per heavy atom. The Hall–Kier alpha value is -2.30. The third-order valence-corrected chi connectivity index (χ3v) is 2.75. The van der Waals surface area contributed by atoms with Gasteiger partial charge < -0.3 is 9.84 Å². The fraction of sp³-hybridized carbons (Fsp3) is 0.231. The molecule has 0 spiro atoms. The molecule has 0 unspecified atom stereocenters. The first-order valence-electron chi connectivity index (χ1n) is 5.61. The molecule has 1 aromatic heterocycles. The lowest BCUT2D eigenvalue weighted by atomic mass is 10.0. The van der Waals surface area contributed by atoms with E-state index in [-0.39, 0.29) is 5.56 Å². The molecule has 0 saturated carbocycles. The number of nitrogens with zero attached hydrogens (tertiary/aromatic N) is 2. The summed E-state index contributed by atoms with van der Waals surface area (Å²) in [5.41, 5.74) is 1.64. The van der Waals surface area contributed by atoms with Gasteiger partial charge in [0.2, 0.25) is 0 Å². The van der Waals surface area contributed by atoms with Gasteiger partial charge in [0, 0.05) is 18.3 Å². The van der Waals surface area contributed by atoms with E-state index < -0.39 is 5.97 Å². The van der Waals surface area contributed by atoms with Crippen molar-refractivity contribution in [2.45, 2.75) is 13.5 Å². The van der Waals surface area contributed by atoms with Crippen molar-refractivity contribution in [3.05, 3.63) is 36.0 Å². The molecule has 2 rings (SSSR count). The molecule has 5 nitrogen and oxygen atoms in total.